The fraction of sp³-hybridized carbons (Fsp3) is 0.789. The summed E-state index contributed by atoms with van der Waals surface area (Å²) in [4.78, 5) is 30.7. The molecule has 1 aromatic heterocycles. The van der Waals surface area contributed by atoms with Crippen LogP contribution in [0.1, 0.15) is 82.7 Å². The molecule has 0 N–H and O–H groups in total. The minimum absolute atomic E-state index is 0.0841. The van der Waals surface area contributed by atoms with Crippen LogP contribution in [-0.4, -0.2) is 51.3 Å². The number of likely N-dealkylation sites (tertiary alicyclic amines) is 1. The SMILES string of the molecule is CC(C)(C)OC(=O)N1C[C@@H](F)C[C@H]1C(=O)c1noc(C2(C)CCCCC2)n1. The lowest BCUT2D eigenvalue weighted by Gasteiger charge is -2.29. The number of alkyl halides is 1. The number of amides is 1. The summed E-state index contributed by atoms with van der Waals surface area (Å²) in [5, 5.41) is 3.84. The predicted octanol–water partition coefficient (Wildman–Crippen LogP) is 3.82. The first-order chi connectivity index (χ1) is 12.6. The average molecular weight is 381 g/mol. The molecule has 2 heterocycles. The molecule has 2 atom stereocenters. The third-order valence-electron chi connectivity index (χ3n) is 5.30. The van der Waals surface area contributed by atoms with E-state index in [4.69, 9.17) is 9.26 Å². The molecule has 1 amide bonds. The molecule has 1 saturated carbocycles. The van der Waals surface area contributed by atoms with Crippen molar-refractivity contribution in [3.8, 4) is 0 Å². The standard InChI is InChI=1S/C19H28FN3O4/c1-18(2,3)26-17(25)23-11-12(20)10-13(23)14(24)15-21-16(27-22-15)19(4)8-6-5-7-9-19/h12-13H,5-11H2,1-4H3/t12-,13-/m0/s1. The molecule has 1 aliphatic carbocycles. The van der Waals surface area contributed by atoms with Crippen LogP contribution in [0.3, 0.4) is 0 Å². The van der Waals surface area contributed by atoms with Gasteiger partial charge in [0.1, 0.15) is 17.8 Å². The minimum Gasteiger partial charge on any atom is -0.444 e. The number of ether oxygens (including phenoxy) is 1. The molecule has 3 rings (SSSR count). The van der Waals surface area contributed by atoms with Crippen LogP contribution in [0.4, 0.5) is 9.18 Å². The van der Waals surface area contributed by atoms with Gasteiger partial charge in [-0.3, -0.25) is 9.69 Å². The number of Topliss-reactive ketones (excluding diaryl/α,β-unsaturated/α-hetero) is 1. The quantitative estimate of drug-likeness (QED) is 0.740. The van der Waals surface area contributed by atoms with Crippen LogP contribution in [-0.2, 0) is 10.2 Å². The Labute approximate surface area is 158 Å². The lowest BCUT2D eigenvalue weighted by molar-refractivity contribution is 0.0213. The normalized spacial score (nSPS) is 25.4. The molecule has 7 nitrogen and oxygen atoms in total. The minimum atomic E-state index is -1.28. The number of aromatic nitrogens is 2. The summed E-state index contributed by atoms with van der Waals surface area (Å²) in [6, 6.07) is -0.973. The Morgan fingerprint density at radius 2 is 1.93 bits per heavy atom. The molecule has 150 valence electrons. The van der Waals surface area contributed by atoms with E-state index in [2.05, 4.69) is 17.1 Å². The summed E-state index contributed by atoms with van der Waals surface area (Å²) in [6.07, 6.45) is 3.14. The van der Waals surface area contributed by atoms with Crippen LogP contribution in [0, 0.1) is 0 Å². The van der Waals surface area contributed by atoms with Crippen LogP contribution in [0.5, 0.6) is 0 Å². The van der Waals surface area contributed by atoms with Gasteiger partial charge >= 0.3 is 6.09 Å². The van der Waals surface area contributed by atoms with E-state index in [1.807, 2.05) is 0 Å². The number of hydrogen-bond donors (Lipinski definition) is 0. The van der Waals surface area contributed by atoms with E-state index in [1.54, 1.807) is 20.8 Å². The Morgan fingerprint density at radius 1 is 1.26 bits per heavy atom. The second-order valence-electron chi connectivity index (χ2n) is 8.89. The number of ketones is 1. The molecule has 0 bridgehead atoms. The van der Waals surface area contributed by atoms with E-state index in [0.717, 1.165) is 30.6 Å². The maximum Gasteiger partial charge on any atom is 0.411 e. The van der Waals surface area contributed by atoms with E-state index in [1.165, 1.54) is 6.42 Å². The van der Waals surface area contributed by atoms with Crippen molar-refractivity contribution in [2.45, 2.75) is 89.4 Å². The first-order valence-electron chi connectivity index (χ1n) is 9.61. The van der Waals surface area contributed by atoms with Gasteiger partial charge in [-0.05, 0) is 33.6 Å². The Hall–Kier alpha value is -1.99. The number of halogens is 1. The fourth-order valence-electron chi connectivity index (χ4n) is 3.82. The highest BCUT2D eigenvalue weighted by molar-refractivity contribution is 5.98. The zero-order valence-electron chi connectivity index (χ0n) is 16.5. The molecule has 1 aromatic rings. The van der Waals surface area contributed by atoms with E-state index < -0.39 is 29.7 Å². The molecule has 1 aliphatic heterocycles. The zero-order valence-corrected chi connectivity index (χ0v) is 16.5. The number of nitrogens with zero attached hydrogens (tertiary/aromatic N) is 3. The van der Waals surface area contributed by atoms with Crippen molar-refractivity contribution in [1.29, 1.82) is 0 Å². The maximum atomic E-state index is 14.0. The molecule has 0 spiro atoms. The van der Waals surface area contributed by atoms with Crippen molar-refractivity contribution in [3.05, 3.63) is 11.7 Å². The van der Waals surface area contributed by atoms with Crippen molar-refractivity contribution in [2.75, 3.05) is 6.54 Å². The largest absolute Gasteiger partial charge is 0.444 e. The first-order valence-corrected chi connectivity index (χ1v) is 9.61. The summed E-state index contributed by atoms with van der Waals surface area (Å²) in [7, 11) is 0. The van der Waals surface area contributed by atoms with Gasteiger partial charge < -0.3 is 9.26 Å². The lowest BCUT2D eigenvalue weighted by Crippen LogP contribution is -2.43. The molecule has 0 unspecified atom stereocenters. The van der Waals surface area contributed by atoms with Crippen LogP contribution in [0.2, 0.25) is 0 Å². The summed E-state index contributed by atoms with van der Waals surface area (Å²) in [6.45, 7) is 7.06. The van der Waals surface area contributed by atoms with Gasteiger partial charge in [0.25, 0.3) is 0 Å². The van der Waals surface area contributed by atoms with Gasteiger partial charge in [-0.25, -0.2) is 9.18 Å². The van der Waals surface area contributed by atoms with Gasteiger partial charge in [0.2, 0.25) is 17.5 Å². The summed E-state index contributed by atoms with van der Waals surface area (Å²) >= 11 is 0. The predicted molar refractivity (Wildman–Crippen MR) is 95.3 cm³/mol. The van der Waals surface area contributed by atoms with Crippen molar-refractivity contribution in [1.82, 2.24) is 15.0 Å². The van der Waals surface area contributed by atoms with Crippen LogP contribution < -0.4 is 0 Å². The Morgan fingerprint density at radius 3 is 2.56 bits per heavy atom. The van der Waals surface area contributed by atoms with E-state index in [-0.39, 0.29) is 24.2 Å². The molecule has 0 radical (unpaired) electrons. The van der Waals surface area contributed by atoms with Gasteiger partial charge in [0.15, 0.2) is 0 Å². The molecule has 0 aromatic carbocycles. The Balaban J connectivity index is 1.77. The van der Waals surface area contributed by atoms with Crippen LogP contribution >= 0.6 is 0 Å². The Bertz CT molecular complexity index is 706. The van der Waals surface area contributed by atoms with Crippen LogP contribution in [0.25, 0.3) is 0 Å². The highest BCUT2D eigenvalue weighted by Crippen LogP contribution is 2.38. The van der Waals surface area contributed by atoms with E-state index in [0.29, 0.717) is 5.89 Å². The Kier molecular flexibility index (Phi) is 5.27. The summed E-state index contributed by atoms with van der Waals surface area (Å²) in [5.41, 5.74) is -0.957. The van der Waals surface area contributed by atoms with Crippen molar-refractivity contribution in [3.63, 3.8) is 0 Å². The van der Waals surface area contributed by atoms with Gasteiger partial charge in [-0.15, -0.1) is 0 Å². The molecular weight excluding hydrogens is 353 g/mol. The highest BCUT2D eigenvalue weighted by Gasteiger charge is 2.44. The smallest absolute Gasteiger partial charge is 0.411 e. The monoisotopic (exact) mass is 381 g/mol. The number of carbonyl (C=O) groups is 2. The van der Waals surface area contributed by atoms with Gasteiger partial charge in [0, 0.05) is 11.8 Å². The second-order valence-corrected chi connectivity index (χ2v) is 8.89. The highest BCUT2D eigenvalue weighted by atomic mass is 19.1. The number of carbonyl (C=O) groups excluding carboxylic acids is 2. The topological polar surface area (TPSA) is 85.5 Å². The van der Waals surface area contributed by atoms with Gasteiger partial charge in [-0.1, -0.05) is 31.3 Å². The summed E-state index contributed by atoms with van der Waals surface area (Å²) in [5.74, 6) is -0.149. The molecule has 27 heavy (non-hydrogen) atoms. The van der Waals surface area contributed by atoms with Crippen LogP contribution in [0.15, 0.2) is 4.52 Å². The van der Waals surface area contributed by atoms with E-state index >= 15 is 0 Å². The number of rotatable bonds is 3. The van der Waals surface area contributed by atoms with Gasteiger partial charge in [0.05, 0.1) is 6.54 Å². The zero-order chi connectivity index (χ0) is 19.8. The third-order valence-corrected chi connectivity index (χ3v) is 5.30. The average Bonchev–Trinajstić information content (AvgIpc) is 3.20. The molecule has 2 aliphatic rings. The van der Waals surface area contributed by atoms with Crippen molar-refractivity contribution in [2.24, 2.45) is 0 Å². The lowest BCUT2D eigenvalue weighted by atomic mass is 9.75. The molecule has 2 fully saturated rings. The van der Waals surface area contributed by atoms with E-state index in [9.17, 15) is 14.0 Å². The fourth-order valence-corrected chi connectivity index (χ4v) is 3.82. The first kappa shape index (κ1) is 19.8. The third kappa shape index (κ3) is 4.30. The number of hydrogen-bond acceptors (Lipinski definition) is 6. The second kappa shape index (κ2) is 7.20. The molecular formula is C19H28FN3O4. The van der Waals surface area contributed by atoms with Gasteiger partial charge in [-0.2, -0.15) is 4.98 Å². The van der Waals surface area contributed by atoms with Crippen molar-refractivity contribution < 1.29 is 23.2 Å². The molecule has 8 heteroatoms. The molecule has 1 saturated heterocycles. The van der Waals surface area contributed by atoms with Crippen molar-refractivity contribution >= 4 is 11.9 Å². The summed E-state index contributed by atoms with van der Waals surface area (Å²) < 4.78 is 24.7. The maximum absolute atomic E-state index is 14.0.